The summed E-state index contributed by atoms with van der Waals surface area (Å²) >= 11 is 0. The van der Waals surface area contributed by atoms with E-state index in [0.717, 1.165) is 22.6 Å². The summed E-state index contributed by atoms with van der Waals surface area (Å²) in [6, 6.07) is 26.0. The first-order valence-corrected chi connectivity index (χ1v) is 17.0. The van der Waals surface area contributed by atoms with E-state index in [9.17, 15) is 13.2 Å². The number of ether oxygens (including phenoxy) is 2. The van der Waals surface area contributed by atoms with Crippen LogP contribution in [0.5, 0.6) is 5.75 Å². The highest BCUT2D eigenvalue weighted by Crippen LogP contribution is 2.27. The summed E-state index contributed by atoms with van der Waals surface area (Å²) in [4.78, 5) is 28.6. The molecule has 1 amide bonds. The van der Waals surface area contributed by atoms with Crippen LogP contribution in [0.4, 0.5) is 28.1 Å². The molecule has 1 N–H and O–H groups in total. The maximum atomic E-state index is 13.3. The average molecular weight is 658 g/mol. The zero-order valence-corrected chi connectivity index (χ0v) is 27.4. The first-order chi connectivity index (χ1) is 22.8. The number of nitrogens with one attached hydrogen (secondary N) is 1. The smallest absolute Gasteiger partial charge is 0.410 e. The number of sulfonamides is 1. The predicted molar refractivity (Wildman–Crippen MR) is 181 cm³/mol. The number of aryl methyl sites for hydroxylation is 1. The molecule has 0 saturated carbocycles. The van der Waals surface area contributed by atoms with Crippen LogP contribution in [0, 0.1) is 6.92 Å². The molecule has 246 valence electrons. The Morgan fingerprint density at radius 1 is 0.809 bits per heavy atom. The standard InChI is InChI=1S/C34H39N7O5S/c1-26-8-10-28(11-9-26)35-31-24-32(38-16-18-40(19-17-38)34(42)46-25-27-6-4-3-5-7-27)37-33(36-31)39-20-22-41(23-21-39)47(43,44)30-14-12-29(45-2)13-15-30/h3-15,24H,16-23,25H2,1-2H3,(H,35,36,37). The van der Waals surface area contributed by atoms with E-state index in [1.807, 2.05) is 72.5 Å². The maximum Gasteiger partial charge on any atom is 0.410 e. The number of amides is 1. The van der Waals surface area contributed by atoms with Crippen LogP contribution in [-0.4, -0.2) is 93.2 Å². The number of hydrogen-bond acceptors (Lipinski definition) is 10. The number of piperazine rings is 2. The molecule has 0 aliphatic carbocycles. The molecule has 12 nitrogen and oxygen atoms in total. The van der Waals surface area contributed by atoms with E-state index in [0.29, 0.717) is 69.9 Å². The van der Waals surface area contributed by atoms with Gasteiger partial charge in [-0.05, 0) is 48.9 Å². The van der Waals surface area contributed by atoms with E-state index < -0.39 is 10.0 Å². The van der Waals surface area contributed by atoms with E-state index in [2.05, 4.69) is 10.2 Å². The molecular formula is C34H39N7O5S. The van der Waals surface area contributed by atoms with Crippen molar-refractivity contribution in [2.45, 2.75) is 18.4 Å². The number of nitrogens with zero attached hydrogens (tertiary/aromatic N) is 6. The van der Waals surface area contributed by atoms with Crippen LogP contribution in [0.25, 0.3) is 0 Å². The van der Waals surface area contributed by atoms with Gasteiger partial charge in [-0.15, -0.1) is 0 Å². The Hall–Kier alpha value is -4.88. The Morgan fingerprint density at radius 3 is 2.13 bits per heavy atom. The lowest BCUT2D eigenvalue weighted by Gasteiger charge is -2.36. The molecule has 3 heterocycles. The van der Waals surface area contributed by atoms with E-state index in [-0.39, 0.29) is 17.6 Å². The highest BCUT2D eigenvalue weighted by atomic mass is 32.2. The molecule has 2 aliphatic rings. The first-order valence-electron chi connectivity index (χ1n) is 15.6. The molecule has 3 aromatic carbocycles. The van der Waals surface area contributed by atoms with Crippen LogP contribution in [0.1, 0.15) is 11.1 Å². The molecule has 0 spiro atoms. The van der Waals surface area contributed by atoms with Gasteiger partial charge in [-0.25, -0.2) is 13.2 Å². The Morgan fingerprint density at radius 2 is 1.47 bits per heavy atom. The summed E-state index contributed by atoms with van der Waals surface area (Å²) in [5.74, 6) is 2.48. The molecule has 0 radical (unpaired) electrons. The molecule has 2 fully saturated rings. The lowest BCUT2D eigenvalue weighted by molar-refractivity contribution is 0.0941. The van der Waals surface area contributed by atoms with E-state index in [1.165, 1.54) is 4.31 Å². The summed E-state index contributed by atoms with van der Waals surface area (Å²) in [6.45, 7) is 5.88. The molecule has 13 heteroatoms. The third kappa shape index (κ3) is 7.75. The summed E-state index contributed by atoms with van der Waals surface area (Å²) in [7, 11) is -2.11. The van der Waals surface area contributed by atoms with Gasteiger partial charge in [-0.1, -0.05) is 48.0 Å². The third-order valence-corrected chi connectivity index (χ3v) is 10.2. The number of anilines is 4. The van der Waals surface area contributed by atoms with Crippen molar-refractivity contribution in [3.63, 3.8) is 0 Å². The highest BCUT2D eigenvalue weighted by molar-refractivity contribution is 7.89. The van der Waals surface area contributed by atoms with Crippen molar-refractivity contribution >= 4 is 39.4 Å². The largest absolute Gasteiger partial charge is 0.497 e. The van der Waals surface area contributed by atoms with Gasteiger partial charge in [-0.3, -0.25) is 0 Å². The van der Waals surface area contributed by atoms with E-state index in [4.69, 9.17) is 19.4 Å². The van der Waals surface area contributed by atoms with Gasteiger partial charge in [0.1, 0.15) is 24.0 Å². The van der Waals surface area contributed by atoms with E-state index in [1.54, 1.807) is 36.3 Å². The Balaban J connectivity index is 1.15. The molecule has 6 rings (SSSR count). The van der Waals surface area contributed by atoms with Crippen LogP contribution in [0.2, 0.25) is 0 Å². The van der Waals surface area contributed by atoms with Crippen molar-refractivity contribution < 1.29 is 22.7 Å². The lowest BCUT2D eigenvalue weighted by atomic mass is 10.2. The topological polar surface area (TPSA) is 120 Å². The van der Waals surface area contributed by atoms with Crippen LogP contribution >= 0.6 is 0 Å². The lowest BCUT2D eigenvalue weighted by Crippen LogP contribution is -2.50. The number of benzene rings is 3. The predicted octanol–water partition coefficient (Wildman–Crippen LogP) is 4.51. The van der Waals surface area contributed by atoms with Crippen LogP contribution in [0.15, 0.2) is 89.8 Å². The van der Waals surface area contributed by atoms with Crippen LogP contribution in [-0.2, 0) is 21.4 Å². The average Bonchev–Trinajstić information content (AvgIpc) is 3.12. The summed E-state index contributed by atoms with van der Waals surface area (Å²) < 4.78 is 38.9. The minimum absolute atomic E-state index is 0.234. The Bertz CT molecular complexity index is 1760. The zero-order valence-electron chi connectivity index (χ0n) is 26.6. The number of carbonyl (C=O) groups excluding carboxylic acids is 1. The molecule has 1 aromatic heterocycles. The highest BCUT2D eigenvalue weighted by Gasteiger charge is 2.30. The molecule has 0 atom stereocenters. The number of methoxy groups -OCH3 is 1. The van der Waals surface area contributed by atoms with Crippen molar-refractivity contribution in [2.24, 2.45) is 0 Å². The van der Waals surface area contributed by atoms with Crippen molar-refractivity contribution in [1.82, 2.24) is 19.2 Å². The fourth-order valence-electron chi connectivity index (χ4n) is 5.53. The van der Waals surface area contributed by atoms with Gasteiger partial charge in [0.25, 0.3) is 0 Å². The number of hydrogen-bond donors (Lipinski definition) is 1. The second-order valence-corrected chi connectivity index (χ2v) is 13.4. The van der Waals surface area contributed by atoms with Gasteiger partial charge in [0.05, 0.1) is 12.0 Å². The molecule has 4 aromatic rings. The normalized spacial score (nSPS) is 15.7. The van der Waals surface area contributed by atoms with Gasteiger partial charge in [-0.2, -0.15) is 14.3 Å². The van der Waals surface area contributed by atoms with Crippen molar-refractivity contribution in [3.8, 4) is 5.75 Å². The van der Waals surface area contributed by atoms with Gasteiger partial charge in [0, 0.05) is 64.1 Å². The minimum atomic E-state index is -3.66. The zero-order chi connectivity index (χ0) is 32.8. The van der Waals surface area contributed by atoms with E-state index >= 15 is 0 Å². The fraction of sp³-hybridized carbons (Fsp3) is 0.324. The number of carbonyl (C=O) groups is 1. The number of aromatic nitrogens is 2. The summed E-state index contributed by atoms with van der Waals surface area (Å²) in [5.41, 5.74) is 3.00. The second kappa shape index (κ2) is 14.3. The van der Waals surface area contributed by atoms with Crippen molar-refractivity contribution in [1.29, 1.82) is 0 Å². The first kappa shape index (κ1) is 32.1. The van der Waals surface area contributed by atoms with Gasteiger partial charge in [0.2, 0.25) is 16.0 Å². The van der Waals surface area contributed by atoms with Gasteiger partial charge >= 0.3 is 6.09 Å². The molecule has 2 saturated heterocycles. The number of rotatable bonds is 9. The summed E-state index contributed by atoms with van der Waals surface area (Å²) in [6.07, 6.45) is -0.332. The molecular weight excluding hydrogens is 618 g/mol. The van der Waals surface area contributed by atoms with Crippen LogP contribution < -0.4 is 19.9 Å². The Kier molecular flexibility index (Phi) is 9.73. The SMILES string of the molecule is COc1ccc(S(=O)(=O)N2CCN(c3nc(Nc4ccc(C)cc4)cc(N4CCN(C(=O)OCc5ccccc5)CC4)n3)CC2)cc1. The molecule has 47 heavy (non-hydrogen) atoms. The minimum Gasteiger partial charge on any atom is -0.497 e. The third-order valence-electron chi connectivity index (χ3n) is 8.31. The monoisotopic (exact) mass is 657 g/mol. The van der Waals surface area contributed by atoms with Crippen LogP contribution in [0.3, 0.4) is 0 Å². The van der Waals surface area contributed by atoms with Crippen molar-refractivity contribution in [2.75, 3.05) is 74.6 Å². The van der Waals surface area contributed by atoms with Gasteiger partial charge in [0.15, 0.2) is 0 Å². The quantitative estimate of drug-likeness (QED) is 0.275. The molecule has 0 unspecified atom stereocenters. The maximum absolute atomic E-state index is 13.3. The summed E-state index contributed by atoms with van der Waals surface area (Å²) in [5, 5.41) is 3.41. The molecule has 2 aliphatic heterocycles. The van der Waals surface area contributed by atoms with Gasteiger partial charge < -0.3 is 29.5 Å². The van der Waals surface area contributed by atoms with Crippen molar-refractivity contribution in [3.05, 3.63) is 96.1 Å². The molecule has 0 bridgehead atoms. The fourth-order valence-corrected chi connectivity index (χ4v) is 6.95. The second-order valence-electron chi connectivity index (χ2n) is 11.5. The Labute approximate surface area is 275 Å².